The lowest BCUT2D eigenvalue weighted by Gasteiger charge is -2.21. The Bertz CT molecular complexity index is 525. The molecule has 0 aliphatic carbocycles. The van der Waals surface area contributed by atoms with E-state index < -0.39 is 10.0 Å². The van der Waals surface area contributed by atoms with Crippen LogP contribution in [-0.2, 0) is 10.0 Å². The van der Waals surface area contributed by atoms with Crippen molar-refractivity contribution in [3.63, 3.8) is 0 Å². The smallest absolute Gasteiger partial charge is 0.245 e. The lowest BCUT2D eigenvalue weighted by atomic mass is 10.2. The summed E-state index contributed by atoms with van der Waals surface area (Å²) in [5.74, 6) is 0. The number of aryl methyl sites for hydroxylation is 1. The maximum absolute atomic E-state index is 12.4. The summed E-state index contributed by atoms with van der Waals surface area (Å²) in [6.45, 7) is 4.43. The lowest BCUT2D eigenvalue weighted by Crippen LogP contribution is -2.34. The molecule has 17 heavy (non-hydrogen) atoms. The number of hydrogen-bond acceptors (Lipinski definition) is 3. The van der Waals surface area contributed by atoms with Gasteiger partial charge in [-0.2, -0.15) is 4.31 Å². The molecule has 0 spiro atoms. The van der Waals surface area contributed by atoms with Crippen LogP contribution in [0.4, 0.5) is 5.69 Å². The summed E-state index contributed by atoms with van der Waals surface area (Å²) in [6.07, 6.45) is 1.84. The van der Waals surface area contributed by atoms with Crippen molar-refractivity contribution in [2.45, 2.75) is 37.6 Å². The number of nitrogens with two attached hydrogens (primary N) is 1. The molecule has 0 amide bonds. The number of rotatable bonds is 2. The topological polar surface area (TPSA) is 63.4 Å². The quantitative estimate of drug-likeness (QED) is 0.818. The predicted octanol–water partition coefficient (Wildman–Crippen LogP) is 1.75. The molecule has 1 aromatic rings. The van der Waals surface area contributed by atoms with Gasteiger partial charge in [0.1, 0.15) is 4.90 Å². The number of benzene rings is 1. The summed E-state index contributed by atoms with van der Waals surface area (Å²) in [4.78, 5) is 0.233. The number of nitrogens with zero attached hydrogens (tertiary/aromatic N) is 1. The van der Waals surface area contributed by atoms with Gasteiger partial charge in [-0.05, 0) is 44.4 Å². The van der Waals surface area contributed by atoms with Crippen molar-refractivity contribution in [1.29, 1.82) is 0 Å². The Labute approximate surface area is 102 Å². The van der Waals surface area contributed by atoms with Crippen molar-refractivity contribution in [3.8, 4) is 0 Å². The Morgan fingerprint density at radius 2 is 2.12 bits per heavy atom. The monoisotopic (exact) mass is 254 g/mol. The fourth-order valence-corrected chi connectivity index (χ4v) is 4.09. The molecule has 0 aromatic heterocycles. The summed E-state index contributed by atoms with van der Waals surface area (Å²) in [5.41, 5.74) is 7.12. The first-order valence-corrected chi connectivity index (χ1v) is 7.25. The van der Waals surface area contributed by atoms with Crippen LogP contribution in [0.5, 0.6) is 0 Å². The average Bonchev–Trinajstić information content (AvgIpc) is 2.64. The van der Waals surface area contributed by atoms with Crippen LogP contribution in [0.15, 0.2) is 23.1 Å². The standard InChI is InChI=1S/C12H18N2O2S/c1-9-5-6-12(11(13)8-9)17(15,16)14-7-3-4-10(14)2/h5-6,8,10H,3-4,7,13H2,1-2H3. The van der Waals surface area contributed by atoms with Gasteiger partial charge in [-0.1, -0.05) is 6.07 Å². The Hall–Kier alpha value is -1.07. The van der Waals surface area contributed by atoms with Crippen LogP contribution in [0, 0.1) is 6.92 Å². The molecular formula is C12H18N2O2S. The minimum absolute atomic E-state index is 0.0701. The third-order valence-electron chi connectivity index (χ3n) is 3.24. The molecule has 1 unspecified atom stereocenters. The van der Waals surface area contributed by atoms with Gasteiger partial charge < -0.3 is 5.73 Å². The number of sulfonamides is 1. The van der Waals surface area contributed by atoms with Gasteiger partial charge in [-0.15, -0.1) is 0 Å². The Morgan fingerprint density at radius 3 is 2.65 bits per heavy atom. The van der Waals surface area contributed by atoms with E-state index in [2.05, 4.69) is 0 Å². The van der Waals surface area contributed by atoms with Crippen molar-refractivity contribution in [3.05, 3.63) is 23.8 Å². The molecule has 1 saturated heterocycles. The molecular weight excluding hydrogens is 236 g/mol. The first-order chi connectivity index (χ1) is 7.93. The fourth-order valence-electron chi connectivity index (χ4n) is 2.29. The second-order valence-corrected chi connectivity index (χ2v) is 6.51. The zero-order valence-corrected chi connectivity index (χ0v) is 11.0. The van der Waals surface area contributed by atoms with Crippen molar-refractivity contribution < 1.29 is 8.42 Å². The maximum Gasteiger partial charge on any atom is 0.245 e. The lowest BCUT2D eigenvalue weighted by molar-refractivity contribution is 0.408. The summed E-state index contributed by atoms with van der Waals surface area (Å²) >= 11 is 0. The summed E-state index contributed by atoms with van der Waals surface area (Å²) in [6, 6.07) is 5.16. The Morgan fingerprint density at radius 1 is 1.41 bits per heavy atom. The number of anilines is 1. The first kappa shape index (κ1) is 12.4. The van der Waals surface area contributed by atoms with Crippen LogP contribution < -0.4 is 5.73 Å². The van der Waals surface area contributed by atoms with Gasteiger partial charge in [0, 0.05) is 12.6 Å². The van der Waals surface area contributed by atoms with Gasteiger partial charge in [-0.3, -0.25) is 0 Å². The highest BCUT2D eigenvalue weighted by molar-refractivity contribution is 7.89. The summed E-state index contributed by atoms with van der Waals surface area (Å²) in [5, 5.41) is 0. The van der Waals surface area contributed by atoms with Gasteiger partial charge in [-0.25, -0.2) is 8.42 Å². The van der Waals surface area contributed by atoms with Crippen LogP contribution in [0.25, 0.3) is 0 Å². The molecule has 2 N–H and O–H groups in total. The Kier molecular flexibility index (Phi) is 3.14. The van der Waals surface area contributed by atoms with Crippen molar-refractivity contribution in [2.24, 2.45) is 0 Å². The van der Waals surface area contributed by atoms with E-state index in [0.717, 1.165) is 18.4 Å². The first-order valence-electron chi connectivity index (χ1n) is 5.81. The van der Waals surface area contributed by atoms with E-state index in [4.69, 9.17) is 5.73 Å². The highest BCUT2D eigenvalue weighted by atomic mass is 32.2. The molecule has 1 aromatic carbocycles. The van der Waals surface area contributed by atoms with Crippen LogP contribution in [0.3, 0.4) is 0 Å². The third kappa shape index (κ3) is 2.17. The van der Waals surface area contributed by atoms with E-state index in [1.807, 2.05) is 13.8 Å². The van der Waals surface area contributed by atoms with Gasteiger partial charge in [0.2, 0.25) is 10.0 Å². The summed E-state index contributed by atoms with van der Waals surface area (Å²) < 4.78 is 26.4. The molecule has 5 heteroatoms. The predicted molar refractivity (Wildman–Crippen MR) is 68.2 cm³/mol. The second-order valence-electron chi connectivity index (χ2n) is 4.65. The fraction of sp³-hybridized carbons (Fsp3) is 0.500. The highest BCUT2D eigenvalue weighted by Gasteiger charge is 2.33. The number of nitrogen functional groups attached to an aromatic ring is 1. The van der Waals surface area contributed by atoms with E-state index >= 15 is 0 Å². The largest absolute Gasteiger partial charge is 0.398 e. The zero-order valence-electron chi connectivity index (χ0n) is 10.2. The average molecular weight is 254 g/mol. The molecule has 0 saturated carbocycles. The zero-order chi connectivity index (χ0) is 12.6. The van der Waals surface area contributed by atoms with Crippen LogP contribution in [0.2, 0.25) is 0 Å². The van der Waals surface area contributed by atoms with Gasteiger partial charge in [0.15, 0.2) is 0 Å². The second kappa shape index (κ2) is 4.31. The minimum atomic E-state index is -3.43. The van der Waals surface area contributed by atoms with Crippen molar-refractivity contribution in [1.82, 2.24) is 4.31 Å². The normalized spacial score (nSPS) is 21.9. The van der Waals surface area contributed by atoms with Crippen molar-refractivity contribution >= 4 is 15.7 Å². The highest BCUT2D eigenvalue weighted by Crippen LogP contribution is 2.29. The van der Waals surface area contributed by atoms with Crippen LogP contribution in [-0.4, -0.2) is 25.3 Å². The van der Waals surface area contributed by atoms with Crippen LogP contribution >= 0.6 is 0 Å². The van der Waals surface area contributed by atoms with Gasteiger partial charge in [0.05, 0.1) is 5.69 Å². The number of hydrogen-bond donors (Lipinski definition) is 1. The van der Waals surface area contributed by atoms with E-state index in [9.17, 15) is 8.42 Å². The van der Waals surface area contributed by atoms with Gasteiger partial charge in [0.25, 0.3) is 0 Å². The molecule has 2 rings (SSSR count). The van der Waals surface area contributed by atoms with E-state index in [1.165, 1.54) is 0 Å². The minimum Gasteiger partial charge on any atom is -0.398 e. The maximum atomic E-state index is 12.4. The molecule has 94 valence electrons. The summed E-state index contributed by atoms with van der Waals surface area (Å²) in [7, 11) is -3.43. The Balaban J connectivity index is 2.44. The molecule has 0 bridgehead atoms. The van der Waals surface area contributed by atoms with E-state index in [0.29, 0.717) is 12.2 Å². The molecule has 4 nitrogen and oxygen atoms in total. The van der Waals surface area contributed by atoms with Gasteiger partial charge >= 0.3 is 0 Å². The molecule has 1 aliphatic heterocycles. The van der Waals surface area contributed by atoms with Crippen LogP contribution in [0.1, 0.15) is 25.3 Å². The molecule has 1 atom stereocenters. The molecule has 1 heterocycles. The molecule has 1 fully saturated rings. The third-order valence-corrected chi connectivity index (χ3v) is 5.33. The molecule has 0 radical (unpaired) electrons. The van der Waals surface area contributed by atoms with E-state index in [-0.39, 0.29) is 10.9 Å². The SMILES string of the molecule is Cc1ccc(S(=O)(=O)N2CCCC2C)c(N)c1. The molecule has 1 aliphatic rings. The van der Waals surface area contributed by atoms with E-state index in [1.54, 1.807) is 22.5 Å². The van der Waals surface area contributed by atoms with Crippen molar-refractivity contribution in [2.75, 3.05) is 12.3 Å².